The number of amidine groups is 1. The summed E-state index contributed by atoms with van der Waals surface area (Å²) in [6.07, 6.45) is 6.44. The van der Waals surface area contributed by atoms with Crippen LogP contribution in [0.2, 0.25) is 0 Å². The molecular formula is C8H19BrN2S. The minimum atomic E-state index is 0. The third-order valence-corrected chi connectivity index (χ3v) is 2.31. The summed E-state index contributed by atoms with van der Waals surface area (Å²) in [6, 6.07) is 0. The Morgan fingerprint density at radius 1 is 1.25 bits per heavy atom. The zero-order valence-corrected chi connectivity index (χ0v) is 10.2. The van der Waals surface area contributed by atoms with Crippen molar-refractivity contribution >= 4 is 33.9 Å². The van der Waals surface area contributed by atoms with Crippen LogP contribution in [-0.2, 0) is 0 Å². The van der Waals surface area contributed by atoms with Gasteiger partial charge in [-0.25, -0.2) is 0 Å². The van der Waals surface area contributed by atoms with Gasteiger partial charge in [-0.15, -0.1) is 17.0 Å². The third kappa shape index (κ3) is 12.9. The van der Waals surface area contributed by atoms with Crippen LogP contribution in [0.1, 0.15) is 39.0 Å². The minimum absolute atomic E-state index is 0. The summed E-state index contributed by atoms with van der Waals surface area (Å²) in [5.74, 6) is 1.01. The van der Waals surface area contributed by atoms with Crippen LogP contribution in [0, 0.1) is 5.41 Å². The number of unbranched alkanes of at least 4 members (excludes halogenated alkanes) is 4. The van der Waals surface area contributed by atoms with E-state index in [0.29, 0.717) is 0 Å². The summed E-state index contributed by atoms with van der Waals surface area (Å²) >= 11 is 1.45. The predicted octanol–water partition coefficient (Wildman–Crippen LogP) is 3.16. The van der Waals surface area contributed by atoms with Gasteiger partial charge in [-0.1, -0.05) is 44.4 Å². The molecule has 0 rings (SSSR count). The first-order chi connectivity index (χ1) is 5.27. The Hall–Kier alpha value is 0.300. The van der Waals surface area contributed by atoms with Gasteiger partial charge in [0, 0.05) is 5.75 Å². The first kappa shape index (κ1) is 14.8. The fourth-order valence-corrected chi connectivity index (χ4v) is 1.46. The Kier molecular flexibility index (Phi) is 13.9. The summed E-state index contributed by atoms with van der Waals surface area (Å²) in [6.45, 7) is 2.21. The molecule has 0 aromatic carbocycles. The number of rotatable bonds is 6. The van der Waals surface area contributed by atoms with E-state index in [1.165, 1.54) is 43.9 Å². The maximum absolute atomic E-state index is 6.95. The van der Waals surface area contributed by atoms with E-state index in [9.17, 15) is 0 Å². The normalized spacial score (nSPS) is 9.08. The van der Waals surface area contributed by atoms with Crippen LogP contribution >= 0.6 is 28.7 Å². The monoisotopic (exact) mass is 254 g/mol. The van der Waals surface area contributed by atoms with Crippen LogP contribution in [-0.4, -0.2) is 10.9 Å². The Balaban J connectivity index is 0. The van der Waals surface area contributed by atoms with Crippen molar-refractivity contribution in [2.45, 2.75) is 39.0 Å². The van der Waals surface area contributed by atoms with Gasteiger partial charge in [-0.3, -0.25) is 5.41 Å². The molecule has 0 aromatic heterocycles. The summed E-state index contributed by atoms with van der Waals surface area (Å²) < 4.78 is 0. The zero-order chi connectivity index (χ0) is 8.53. The first-order valence-electron chi connectivity index (χ1n) is 4.24. The largest absolute Gasteiger partial charge is 0.379 e. The highest BCUT2D eigenvalue weighted by molar-refractivity contribution is 8.93. The van der Waals surface area contributed by atoms with Crippen LogP contribution < -0.4 is 5.73 Å². The van der Waals surface area contributed by atoms with Crippen LogP contribution in [0.4, 0.5) is 0 Å². The summed E-state index contributed by atoms with van der Waals surface area (Å²) in [5.41, 5.74) is 5.18. The van der Waals surface area contributed by atoms with Gasteiger partial charge < -0.3 is 5.73 Å². The lowest BCUT2D eigenvalue weighted by atomic mass is 10.2. The van der Waals surface area contributed by atoms with E-state index in [4.69, 9.17) is 11.1 Å². The fourth-order valence-electron chi connectivity index (χ4n) is 0.888. The number of nitrogens with one attached hydrogen (secondary N) is 1. The molecule has 0 aliphatic carbocycles. The van der Waals surface area contributed by atoms with Crippen molar-refractivity contribution in [3.63, 3.8) is 0 Å². The second kappa shape index (κ2) is 11.3. The zero-order valence-electron chi connectivity index (χ0n) is 7.64. The van der Waals surface area contributed by atoms with Crippen molar-refractivity contribution in [3.8, 4) is 0 Å². The predicted molar refractivity (Wildman–Crippen MR) is 63.5 cm³/mol. The summed E-state index contributed by atoms with van der Waals surface area (Å²) in [4.78, 5) is 0. The lowest BCUT2D eigenvalue weighted by Gasteiger charge is -1.98. The van der Waals surface area contributed by atoms with Gasteiger partial charge in [-0.05, 0) is 6.42 Å². The standard InChI is InChI=1S/C8H18N2S.BrH/c1-2-3-4-5-6-7-11-8(9)10;/h2-7H2,1H3,(H3,9,10);1H. The molecule has 0 saturated heterocycles. The average Bonchev–Trinajstić information content (AvgIpc) is 1.96. The molecule has 0 radical (unpaired) electrons. The highest BCUT2D eigenvalue weighted by Crippen LogP contribution is 2.07. The van der Waals surface area contributed by atoms with Crippen molar-refractivity contribution in [2.24, 2.45) is 5.73 Å². The number of hydrogen-bond acceptors (Lipinski definition) is 2. The van der Waals surface area contributed by atoms with Crippen molar-refractivity contribution in [3.05, 3.63) is 0 Å². The van der Waals surface area contributed by atoms with Crippen molar-refractivity contribution in [1.29, 1.82) is 5.41 Å². The first-order valence-corrected chi connectivity index (χ1v) is 5.22. The molecule has 0 amide bonds. The van der Waals surface area contributed by atoms with Crippen LogP contribution in [0.15, 0.2) is 0 Å². The lowest BCUT2D eigenvalue weighted by Crippen LogP contribution is -2.04. The van der Waals surface area contributed by atoms with E-state index < -0.39 is 0 Å². The number of thioether (sulfide) groups is 1. The molecule has 0 aliphatic rings. The van der Waals surface area contributed by atoms with Gasteiger partial charge >= 0.3 is 0 Å². The van der Waals surface area contributed by atoms with Crippen molar-refractivity contribution in [1.82, 2.24) is 0 Å². The van der Waals surface area contributed by atoms with Gasteiger partial charge in [0.2, 0.25) is 0 Å². The highest BCUT2D eigenvalue weighted by Gasteiger charge is 1.91. The Bertz CT molecular complexity index is 109. The molecule has 2 nitrogen and oxygen atoms in total. The Labute approximate surface area is 90.0 Å². The quantitative estimate of drug-likeness (QED) is 0.435. The van der Waals surface area contributed by atoms with E-state index in [-0.39, 0.29) is 22.1 Å². The molecular weight excluding hydrogens is 236 g/mol. The molecule has 0 atom stereocenters. The molecule has 0 spiro atoms. The highest BCUT2D eigenvalue weighted by atomic mass is 79.9. The number of halogens is 1. The smallest absolute Gasteiger partial charge is 0.151 e. The Morgan fingerprint density at radius 2 is 1.83 bits per heavy atom. The van der Waals surface area contributed by atoms with E-state index in [2.05, 4.69) is 6.92 Å². The summed E-state index contributed by atoms with van der Waals surface area (Å²) in [5, 5.41) is 7.20. The molecule has 74 valence electrons. The van der Waals surface area contributed by atoms with Gasteiger partial charge in [0.25, 0.3) is 0 Å². The van der Waals surface area contributed by atoms with E-state index in [1.807, 2.05) is 0 Å². The minimum Gasteiger partial charge on any atom is -0.379 e. The van der Waals surface area contributed by atoms with Crippen LogP contribution in [0.5, 0.6) is 0 Å². The number of nitrogens with two attached hydrogens (primary N) is 1. The van der Waals surface area contributed by atoms with E-state index in [1.54, 1.807) is 0 Å². The number of hydrogen-bond donors (Lipinski definition) is 2. The van der Waals surface area contributed by atoms with Gasteiger partial charge in [0.15, 0.2) is 5.17 Å². The molecule has 0 aliphatic heterocycles. The second-order valence-corrected chi connectivity index (χ2v) is 3.76. The summed E-state index contributed by atoms with van der Waals surface area (Å²) in [7, 11) is 0. The second-order valence-electron chi connectivity index (χ2n) is 2.63. The molecule has 0 heterocycles. The molecule has 12 heavy (non-hydrogen) atoms. The molecule has 0 unspecified atom stereocenters. The lowest BCUT2D eigenvalue weighted by molar-refractivity contribution is 0.659. The topological polar surface area (TPSA) is 49.9 Å². The SMILES string of the molecule is Br.CCCCCCCSC(=N)N. The van der Waals surface area contributed by atoms with Crippen LogP contribution in [0.3, 0.4) is 0 Å². The molecule has 3 N–H and O–H groups in total. The molecule has 0 bridgehead atoms. The van der Waals surface area contributed by atoms with Crippen molar-refractivity contribution < 1.29 is 0 Å². The maximum atomic E-state index is 6.95. The molecule has 0 aromatic rings. The van der Waals surface area contributed by atoms with Crippen molar-refractivity contribution in [2.75, 3.05) is 5.75 Å². The van der Waals surface area contributed by atoms with E-state index >= 15 is 0 Å². The Morgan fingerprint density at radius 3 is 2.33 bits per heavy atom. The average molecular weight is 255 g/mol. The molecule has 4 heteroatoms. The molecule has 0 fully saturated rings. The maximum Gasteiger partial charge on any atom is 0.151 e. The molecule has 0 saturated carbocycles. The van der Waals surface area contributed by atoms with Gasteiger partial charge in [0.05, 0.1) is 0 Å². The third-order valence-electron chi connectivity index (χ3n) is 1.51. The van der Waals surface area contributed by atoms with Gasteiger partial charge in [-0.2, -0.15) is 0 Å². The van der Waals surface area contributed by atoms with Gasteiger partial charge in [0.1, 0.15) is 0 Å². The van der Waals surface area contributed by atoms with E-state index in [0.717, 1.165) is 5.75 Å². The van der Waals surface area contributed by atoms with Crippen LogP contribution in [0.25, 0.3) is 0 Å². The fraction of sp³-hybridized carbons (Fsp3) is 0.875.